The number of likely N-dealkylation sites (tertiary alicyclic amines) is 1. The van der Waals surface area contributed by atoms with Gasteiger partial charge in [-0.25, -0.2) is 8.78 Å². The first-order valence-corrected chi connectivity index (χ1v) is 18.0. The van der Waals surface area contributed by atoms with Gasteiger partial charge in [-0.15, -0.1) is 0 Å². The van der Waals surface area contributed by atoms with Crippen LogP contribution in [-0.2, 0) is 24.6 Å². The van der Waals surface area contributed by atoms with Gasteiger partial charge in [-0.2, -0.15) is 5.26 Å². The van der Waals surface area contributed by atoms with Gasteiger partial charge in [0.25, 0.3) is 5.92 Å². The molecule has 1 atom stereocenters. The monoisotopic (exact) mass is 762 g/mol. The van der Waals surface area contributed by atoms with E-state index in [0.717, 1.165) is 33.6 Å². The van der Waals surface area contributed by atoms with Gasteiger partial charge in [0.2, 0.25) is 0 Å². The number of aromatic nitrogens is 1. The van der Waals surface area contributed by atoms with Crippen molar-refractivity contribution in [2.75, 3.05) is 39.9 Å². The average Bonchev–Trinajstić information content (AvgIpc) is 3.51. The van der Waals surface area contributed by atoms with E-state index in [0.29, 0.717) is 54.3 Å². The number of rotatable bonds is 17. The van der Waals surface area contributed by atoms with Crippen molar-refractivity contribution < 1.29 is 38.0 Å². The summed E-state index contributed by atoms with van der Waals surface area (Å²) >= 11 is 6.76. The second-order valence-corrected chi connectivity index (χ2v) is 14.3. The van der Waals surface area contributed by atoms with Gasteiger partial charge in [0.05, 0.1) is 30.3 Å². The molecule has 2 N–H and O–H groups in total. The van der Waals surface area contributed by atoms with Crippen LogP contribution in [0.25, 0.3) is 11.1 Å². The molecule has 0 saturated carbocycles. The van der Waals surface area contributed by atoms with Crippen molar-refractivity contribution in [3.63, 3.8) is 0 Å². The lowest BCUT2D eigenvalue weighted by Gasteiger charge is -2.33. The number of hydrogen-bond donors (Lipinski definition) is 2. The molecule has 1 aromatic heterocycles. The average molecular weight is 763 g/mol. The van der Waals surface area contributed by atoms with Gasteiger partial charge < -0.3 is 24.4 Å². The van der Waals surface area contributed by atoms with Crippen molar-refractivity contribution >= 4 is 17.6 Å². The Bertz CT molecular complexity index is 2010. The first-order chi connectivity index (χ1) is 25.7. The number of nitriles is 1. The molecule has 0 radical (unpaired) electrons. The van der Waals surface area contributed by atoms with Crippen LogP contribution in [0.1, 0.15) is 53.1 Å². The summed E-state index contributed by atoms with van der Waals surface area (Å²) in [5.41, 5.74) is 4.93. The SMILES string of the molecule is Cc1c(COc2cc(OCc3cncc(C#N)c3)c(CN(C)[C@@](C)(CO)C(=O)O)cc2Cl)cccc1-c1cccc(OCCCN2CCC(F)(F)C2)c1C. The maximum Gasteiger partial charge on any atom is 0.326 e. The first-order valence-electron chi connectivity index (χ1n) is 17.6. The zero-order valence-corrected chi connectivity index (χ0v) is 31.6. The highest BCUT2D eigenvalue weighted by atomic mass is 35.5. The Morgan fingerprint density at radius 1 is 1.02 bits per heavy atom. The fourth-order valence-corrected chi connectivity index (χ4v) is 6.57. The number of halogens is 3. The van der Waals surface area contributed by atoms with Crippen molar-refractivity contribution in [1.82, 2.24) is 14.8 Å². The summed E-state index contributed by atoms with van der Waals surface area (Å²) in [5, 5.41) is 29.3. The molecule has 0 unspecified atom stereocenters. The third-order valence-corrected chi connectivity index (χ3v) is 10.3. The number of pyridine rings is 1. The highest BCUT2D eigenvalue weighted by molar-refractivity contribution is 6.32. The van der Waals surface area contributed by atoms with Crippen LogP contribution in [0.15, 0.2) is 67.0 Å². The fraction of sp³-hybridized carbons (Fsp3) is 0.390. The Balaban J connectivity index is 1.33. The molecular weight excluding hydrogens is 718 g/mol. The normalized spacial score (nSPS) is 15.1. The molecule has 1 aliphatic rings. The van der Waals surface area contributed by atoms with E-state index in [-0.39, 0.29) is 37.7 Å². The lowest BCUT2D eigenvalue weighted by molar-refractivity contribution is -0.152. The summed E-state index contributed by atoms with van der Waals surface area (Å²) < 4.78 is 45.7. The Morgan fingerprint density at radius 3 is 2.43 bits per heavy atom. The molecule has 1 saturated heterocycles. The van der Waals surface area contributed by atoms with Crippen LogP contribution in [0.2, 0.25) is 5.02 Å². The number of ether oxygens (including phenoxy) is 3. The van der Waals surface area contributed by atoms with Crippen LogP contribution in [0.3, 0.4) is 0 Å². The van der Waals surface area contributed by atoms with E-state index in [2.05, 4.69) is 11.1 Å². The molecule has 3 aromatic carbocycles. The molecule has 4 aromatic rings. The van der Waals surface area contributed by atoms with E-state index in [9.17, 15) is 29.1 Å². The maximum absolute atomic E-state index is 13.6. The summed E-state index contributed by atoms with van der Waals surface area (Å²) in [5.74, 6) is -2.32. The highest BCUT2D eigenvalue weighted by Crippen LogP contribution is 2.37. The number of aliphatic carboxylic acids is 1. The molecule has 286 valence electrons. The number of aliphatic hydroxyl groups is 1. The number of benzene rings is 3. The number of carbonyl (C=O) groups is 1. The van der Waals surface area contributed by atoms with Crippen molar-refractivity contribution in [3.05, 3.63) is 105 Å². The minimum absolute atomic E-state index is 0.0666. The van der Waals surface area contributed by atoms with Crippen LogP contribution < -0.4 is 14.2 Å². The molecular formula is C41H45ClF2N4O6. The molecule has 0 aliphatic carbocycles. The minimum Gasteiger partial charge on any atom is -0.493 e. The Morgan fingerprint density at radius 2 is 1.74 bits per heavy atom. The predicted octanol–water partition coefficient (Wildman–Crippen LogP) is 7.43. The largest absolute Gasteiger partial charge is 0.493 e. The van der Waals surface area contributed by atoms with Gasteiger partial charge in [0, 0.05) is 55.6 Å². The number of aliphatic hydroxyl groups excluding tert-OH is 1. The number of nitrogens with zero attached hydrogens (tertiary/aromatic N) is 4. The summed E-state index contributed by atoms with van der Waals surface area (Å²) in [6.45, 7) is 6.36. The van der Waals surface area contributed by atoms with Gasteiger partial charge in [0.1, 0.15) is 42.1 Å². The van der Waals surface area contributed by atoms with Gasteiger partial charge >= 0.3 is 5.97 Å². The molecule has 2 heterocycles. The van der Waals surface area contributed by atoms with Crippen LogP contribution in [0, 0.1) is 25.2 Å². The predicted molar refractivity (Wildman–Crippen MR) is 201 cm³/mol. The summed E-state index contributed by atoms with van der Waals surface area (Å²) in [7, 11) is 1.59. The summed E-state index contributed by atoms with van der Waals surface area (Å²) in [6, 6.07) is 18.9. The molecule has 0 spiro atoms. The standard InChI is InChI=1S/C41H45ClF2N4O6/c1-27-31(8-5-9-33(27)34-10-6-11-36(28(34)2)52-15-7-13-48-14-12-41(43,44)25-48)24-54-38-18-37(53-23-30-16-29(19-45)20-46-21-30)32(17-35(38)42)22-47(4)40(3,26-49)39(50)51/h5-6,8-11,16-18,20-21,49H,7,12-15,22-26H2,1-4H3,(H,50,51)/t40-/m0/s1. The van der Waals surface area contributed by atoms with Crippen LogP contribution in [0.5, 0.6) is 17.2 Å². The van der Waals surface area contributed by atoms with Crippen molar-refractivity contribution in [2.45, 2.75) is 64.8 Å². The molecule has 54 heavy (non-hydrogen) atoms. The Kier molecular flexibility index (Phi) is 13.1. The van der Waals surface area contributed by atoms with Crippen molar-refractivity contribution in [2.24, 2.45) is 0 Å². The zero-order valence-electron chi connectivity index (χ0n) is 30.9. The molecule has 1 fully saturated rings. The van der Waals surface area contributed by atoms with E-state index in [1.165, 1.54) is 18.0 Å². The van der Waals surface area contributed by atoms with Gasteiger partial charge in [0.15, 0.2) is 0 Å². The number of alkyl halides is 2. The highest BCUT2D eigenvalue weighted by Gasteiger charge is 2.38. The van der Waals surface area contributed by atoms with Crippen LogP contribution in [-0.4, -0.2) is 82.3 Å². The second kappa shape index (κ2) is 17.6. The second-order valence-electron chi connectivity index (χ2n) is 13.9. The smallest absolute Gasteiger partial charge is 0.326 e. The van der Waals surface area contributed by atoms with Crippen LogP contribution in [0.4, 0.5) is 8.78 Å². The van der Waals surface area contributed by atoms with Gasteiger partial charge in [-0.1, -0.05) is 41.9 Å². The number of likely N-dealkylation sites (N-methyl/N-ethyl adjacent to an activating group) is 1. The molecule has 5 rings (SSSR count). The fourth-order valence-electron chi connectivity index (χ4n) is 6.33. The summed E-state index contributed by atoms with van der Waals surface area (Å²) in [6.07, 6.45) is 3.60. The first kappa shape index (κ1) is 40.4. The lowest BCUT2D eigenvalue weighted by Crippen LogP contribution is -2.52. The van der Waals surface area contributed by atoms with E-state index in [4.69, 9.17) is 25.8 Å². The third kappa shape index (κ3) is 9.65. The minimum atomic E-state index is -2.60. The number of hydrogen-bond acceptors (Lipinski definition) is 9. The quantitative estimate of drug-likeness (QED) is 0.105. The molecule has 1 aliphatic heterocycles. The topological polar surface area (TPSA) is 128 Å². The summed E-state index contributed by atoms with van der Waals surface area (Å²) in [4.78, 5) is 19.4. The number of carboxylic acids is 1. The Hall–Kier alpha value is -4.80. The third-order valence-electron chi connectivity index (χ3n) is 9.98. The zero-order chi connectivity index (χ0) is 39.0. The Labute approximate surface area is 319 Å². The van der Waals surface area contributed by atoms with E-state index in [1.807, 2.05) is 50.2 Å². The lowest BCUT2D eigenvalue weighted by atomic mass is 9.93. The van der Waals surface area contributed by atoms with E-state index in [1.54, 1.807) is 36.3 Å². The van der Waals surface area contributed by atoms with E-state index < -0.39 is 24.0 Å². The molecule has 0 bridgehead atoms. The molecule has 10 nitrogen and oxygen atoms in total. The molecule has 13 heteroatoms. The van der Waals surface area contributed by atoms with Gasteiger partial charge in [-0.3, -0.25) is 19.6 Å². The maximum atomic E-state index is 13.6. The van der Waals surface area contributed by atoms with Crippen molar-refractivity contribution in [3.8, 4) is 34.4 Å². The van der Waals surface area contributed by atoms with Crippen LogP contribution >= 0.6 is 11.6 Å². The number of carboxylic acid groups (broad SMARTS) is 1. The van der Waals surface area contributed by atoms with E-state index >= 15 is 0 Å². The van der Waals surface area contributed by atoms with Crippen molar-refractivity contribution in [1.29, 1.82) is 5.26 Å². The molecule has 0 amide bonds. The van der Waals surface area contributed by atoms with Gasteiger partial charge in [-0.05, 0) is 80.3 Å².